The normalized spacial score (nSPS) is 31.2. The summed E-state index contributed by atoms with van der Waals surface area (Å²) in [6, 6.07) is 2.29. The summed E-state index contributed by atoms with van der Waals surface area (Å²) in [5.41, 5.74) is 29.3. The Kier molecular flexibility index (Phi) is 28.0. The van der Waals surface area contributed by atoms with Crippen LogP contribution in [0.5, 0.6) is 0 Å². The number of H-pyrrole nitrogens is 3. The zero-order valence-electron chi connectivity index (χ0n) is 69.8. The highest BCUT2D eigenvalue weighted by Gasteiger charge is 2.59. The van der Waals surface area contributed by atoms with Gasteiger partial charge in [-0.2, -0.15) is 24.9 Å². The minimum Gasteiger partial charge on any atom is -0.394 e. The fourth-order valence-corrected chi connectivity index (χ4v) is 20.8. The molecule has 134 heavy (non-hydrogen) atoms. The van der Waals surface area contributed by atoms with Gasteiger partial charge in [-0.25, -0.2) is 62.3 Å². The van der Waals surface area contributed by atoms with E-state index in [0.29, 0.717) is 0 Å². The predicted octanol–water partition coefficient (Wildman–Crippen LogP) is -5.43. The van der Waals surface area contributed by atoms with Crippen molar-refractivity contribution in [3.63, 3.8) is 0 Å². The molecule has 0 aromatic carbocycles. The molecule has 6 saturated heterocycles. The quantitative estimate of drug-likeness (QED) is 0.0161. The second-order valence-corrected chi connectivity index (χ2v) is 37.0. The third-order valence-corrected chi connectivity index (χ3v) is 26.9. The van der Waals surface area contributed by atoms with E-state index in [1.54, 1.807) is 0 Å². The average Bonchev–Trinajstić information content (AvgIpc) is 1.61. The summed E-state index contributed by atoms with van der Waals surface area (Å²) in [7, 11) is -22.2. The molecule has 0 radical (unpaired) electrons. The summed E-state index contributed by atoms with van der Waals surface area (Å²) in [4.78, 5) is 176. The summed E-state index contributed by atoms with van der Waals surface area (Å²) in [5, 5.41) is 22.0. The molecule has 16 rings (SSSR count). The number of hydrogen-bond donors (Lipinski definition) is 16. The molecule has 0 spiro atoms. The number of aliphatic hydroxyl groups is 2. The molecule has 22 N–H and O–H groups in total. The van der Waals surface area contributed by atoms with Gasteiger partial charge in [-0.15, -0.1) is 0 Å². The van der Waals surface area contributed by atoms with Crippen molar-refractivity contribution in [1.82, 2.24) is 97.2 Å². The number of aromatic nitrogens is 20. The van der Waals surface area contributed by atoms with Crippen LogP contribution in [0.2, 0.25) is 0 Å². The smallest absolute Gasteiger partial charge is 0.394 e. The average molecular weight is 2000 g/mol. The second-order valence-electron chi connectivity index (χ2n) is 29.9. The molecule has 6 fully saturated rings. The Balaban J connectivity index is 0.647. The Bertz CT molecular complexity index is 6590. The van der Waals surface area contributed by atoms with Crippen molar-refractivity contribution < 1.29 is 160 Å². The maximum atomic E-state index is 14.9. The number of phosphoric acid groups is 5. The van der Waals surface area contributed by atoms with Crippen LogP contribution in [-0.4, -0.2) is 324 Å². The highest BCUT2D eigenvalue weighted by molar-refractivity contribution is 7.48. The van der Waals surface area contributed by atoms with Gasteiger partial charge in [0.15, 0.2) is 82.3 Å². The van der Waals surface area contributed by atoms with Crippen molar-refractivity contribution in [2.75, 3.05) is 117 Å². The molecule has 0 bridgehead atoms. The van der Waals surface area contributed by atoms with Crippen LogP contribution in [0.1, 0.15) is 37.4 Å². The third-order valence-electron chi connectivity index (χ3n) is 21.9. The lowest BCUT2D eigenvalue weighted by atomic mass is 10.1. The molecule has 6 aliphatic heterocycles. The molecule has 730 valence electrons. The number of nitrogen functional groups attached to an aromatic ring is 6. The maximum absolute atomic E-state index is 14.9. The van der Waals surface area contributed by atoms with Gasteiger partial charge in [0.25, 0.3) is 16.7 Å². The van der Waals surface area contributed by atoms with E-state index in [4.69, 9.17) is 136 Å². The Morgan fingerprint density at radius 3 is 0.925 bits per heavy atom. The zero-order chi connectivity index (χ0) is 95.9. The Hall–Kier alpha value is -9.85. The number of ether oxygens (including phenoxy) is 12. The summed E-state index contributed by atoms with van der Waals surface area (Å²) >= 11 is 0. The maximum Gasteiger partial charge on any atom is 0.472 e. The molecular formula is C64H85N26O39P5. The van der Waals surface area contributed by atoms with Crippen LogP contribution < -0.4 is 62.5 Å². The van der Waals surface area contributed by atoms with Crippen LogP contribution in [-0.2, 0) is 125 Å². The predicted molar refractivity (Wildman–Crippen MR) is 438 cm³/mol. The molecule has 16 heterocycles. The number of aliphatic hydroxyl groups excluding tert-OH is 2. The number of phosphoric ester groups is 5. The number of hydrogen-bond acceptors (Lipinski definition) is 51. The van der Waals surface area contributed by atoms with Gasteiger partial charge in [0.1, 0.15) is 133 Å². The lowest BCUT2D eigenvalue weighted by Crippen LogP contribution is -2.40. The number of methoxy groups -OCH3 is 6. The highest BCUT2D eigenvalue weighted by atomic mass is 31.2. The molecule has 0 saturated carbocycles. The molecule has 6 aliphatic rings. The van der Waals surface area contributed by atoms with E-state index < -0.39 is 266 Å². The monoisotopic (exact) mass is 2000 g/mol. The lowest BCUT2D eigenvalue weighted by Gasteiger charge is -2.28. The van der Waals surface area contributed by atoms with Gasteiger partial charge >= 0.3 is 50.5 Å². The lowest BCUT2D eigenvalue weighted by molar-refractivity contribution is -0.0675. The van der Waals surface area contributed by atoms with Crippen LogP contribution in [0.3, 0.4) is 0 Å². The first-order valence-electron chi connectivity index (χ1n) is 39.1. The molecule has 5 unspecified atom stereocenters. The standard InChI is InChI=1S/C64H85N26O39P5/c1-108-40-34(92)23(120-54(40)87-18-73-30-46(67)71-17-72-47(30)87)12-114-130(98,99)126-36-24(121-55(42(36)110-3)85-9-7-28(65)77-63(85)96)13-116-133(104,105)129-39-27(124-59(45(39)113-6)90-21-76-33-50(90)81-62(70)84-53(33)95)16-118-132(102,103)127-37-25(122-56(43(37)111-4)86-10-8-29(66)78-64(86)97)14-117-134(106,107)128-38-26(123-58(44(38)112-5)89-20-75-32-49(89)80-61(69)83-52(32)94)15-115-131(100,101)125-35-22(11-91)119-57(41(35)109-2)88-19-74-31-48(88)79-60(68)82-51(31)93/h7-10,17-27,34-45,54-59,91-92H,11-16H2,1-6H3,(H,98,99)(H,100,101)(H,102,103)(H,104,105)(H,106,107)(H2,65,77,96)(H2,66,78,97)(H2,67,71,72)(H3,68,79,82,93)(H3,69,80,83,94)(H3,70,81,84,95)/t22-,23-,24-,25-,26-,27-,34-,35-,36-,37-,38-,39-,40-,41-,42-,43-,44-,45-,54-,55-,56-,57-,58-,59-/m1/s1. The fourth-order valence-electron chi connectivity index (χ4n) is 16.0. The van der Waals surface area contributed by atoms with Crippen LogP contribution >= 0.6 is 39.1 Å². The first-order chi connectivity index (χ1) is 63.7. The van der Waals surface area contributed by atoms with Crippen molar-refractivity contribution >= 4 is 119 Å². The van der Waals surface area contributed by atoms with Crippen LogP contribution in [0.4, 0.5) is 35.3 Å². The van der Waals surface area contributed by atoms with Gasteiger partial charge in [-0.3, -0.25) is 102 Å². The Labute approximate surface area is 745 Å². The molecule has 10 aromatic heterocycles. The zero-order valence-corrected chi connectivity index (χ0v) is 74.3. The third kappa shape index (κ3) is 19.5. The van der Waals surface area contributed by atoms with Gasteiger partial charge in [-0.05, 0) is 12.1 Å². The minimum atomic E-state index is -5.92. The Morgan fingerprint density at radius 1 is 0.351 bits per heavy atom. The minimum absolute atomic E-state index is 0.00588. The highest BCUT2D eigenvalue weighted by Crippen LogP contribution is 2.58. The molecule has 0 amide bonds. The van der Waals surface area contributed by atoms with E-state index in [2.05, 4.69) is 69.8 Å². The topological polar surface area (TPSA) is 890 Å². The number of nitrogens with two attached hydrogens (primary N) is 6. The number of rotatable bonds is 38. The molecule has 0 aliphatic carbocycles. The van der Waals surface area contributed by atoms with E-state index in [9.17, 15) is 81.5 Å². The summed E-state index contributed by atoms with van der Waals surface area (Å²) in [6.07, 6.45) is -33.8. The second kappa shape index (κ2) is 38.6. The number of fused-ring (bicyclic) bond motifs is 4. The van der Waals surface area contributed by atoms with Crippen molar-refractivity contribution in [2.45, 2.75) is 147 Å². The van der Waals surface area contributed by atoms with Gasteiger partial charge in [0, 0.05) is 55.1 Å². The summed E-state index contributed by atoms with van der Waals surface area (Å²) in [5.74, 6) is -1.80. The van der Waals surface area contributed by atoms with Gasteiger partial charge in [0.2, 0.25) is 17.8 Å². The van der Waals surface area contributed by atoms with Crippen LogP contribution in [0, 0.1) is 0 Å². The van der Waals surface area contributed by atoms with E-state index in [-0.39, 0.29) is 68.1 Å². The number of nitrogens with one attached hydrogen (secondary N) is 3. The van der Waals surface area contributed by atoms with E-state index in [1.165, 1.54) is 22.6 Å². The molecule has 70 heteroatoms. The van der Waals surface area contributed by atoms with Crippen molar-refractivity contribution in [1.29, 1.82) is 0 Å². The molecule has 29 atom stereocenters. The van der Waals surface area contributed by atoms with Gasteiger partial charge in [-0.1, -0.05) is 0 Å². The SMILES string of the molecule is CO[C@@H]1[C@H](OP(=O)(O)OC[C@H]2O[C@@H](n3cnc4c(N)ncnc43)[C@H](OC)[C@@H]2O)[C@@H](COP(=O)(O)O[C@H]2[C@@H](OC)[C@H](n3cnc4c(=O)[nH]c(N)nc43)O[C@@H]2COP(=O)(O)O[C@H]2[C@@H](OC)[C@H](n3ccc(N)nc3=O)O[C@@H]2COP(=O)(O)O[C@H]2[C@@H](OC)[C@H](n3cnc4c(=O)[nH]c(N)nc43)O[C@@H]2COP(=O)(O)O[C@H]2[C@@H](OC)[C@H](n3cnc4c(=O)[nH]c(N)nc43)O[C@@H]2CO)O[C@H]1n1ccc(N)nc1=O. The summed E-state index contributed by atoms with van der Waals surface area (Å²) in [6.45, 7) is -6.82. The van der Waals surface area contributed by atoms with Crippen molar-refractivity contribution in [3.05, 3.63) is 108 Å². The van der Waals surface area contributed by atoms with E-state index in [0.717, 1.165) is 104 Å². The first-order valence-corrected chi connectivity index (χ1v) is 46.6. The number of nitrogens with zero attached hydrogens (tertiary/aromatic N) is 17. The molecule has 10 aromatic rings. The Morgan fingerprint density at radius 2 is 0.619 bits per heavy atom. The summed E-state index contributed by atoms with van der Waals surface area (Å²) < 4.78 is 207. The van der Waals surface area contributed by atoms with Crippen LogP contribution in [0.25, 0.3) is 44.7 Å². The number of aromatic amines is 3. The largest absolute Gasteiger partial charge is 0.472 e. The molecule has 65 nitrogen and oxygen atoms in total. The number of imidazole rings is 4. The van der Waals surface area contributed by atoms with Crippen molar-refractivity contribution in [2.24, 2.45) is 0 Å². The van der Waals surface area contributed by atoms with E-state index in [1.807, 2.05) is 0 Å². The molecular weight excluding hydrogens is 1910 g/mol. The first kappa shape index (κ1) is 97.2. The van der Waals surface area contributed by atoms with Crippen molar-refractivity contribution in [3.8, 4) is 0 Å². The number of anilines is 6. The van der Waals surface area contributed by atoms with Crippen LogP contribution in [0.15, 0.2) is 80.1 Å². The van der Waals surface area contributed by atoms with Gasteiger partial charge in [0.05, 0.1) is 65.0 Å². The van der Waals surface area contributed by atoms with E-state index >= 15 is 0 Å². The fraction of sp³-hybridized carbons (Fsp3) is 0.562. The van der Waals surface area contributed by atoms with Gasteiger partial charge < -0.3 is 126 Å².